The monoisotopic (exact) mass is 356 g/mol. The van der Waals surface area contributed by atoms with Gasteiger partial charge in [0.1, 0.15) is 11.7 Å². The Morgan fingerprint density at radius 2 is 2.12 bits per heavy atom. The highest BCUT2D eigenvalue weighted by Gasteiger charge is 2.39. The Morgan fingerprint density at radius 3 is 2.85 bits per heavy atom. The Kier molecular flexibility index (Phi) is 5.42. The number of ether oxygens (including phenoxy) is 1. The maximum absolute atomic E-state index is 12.4. The molecule has 2 heterocycles. The molecule has 0 fully saturated rings. The van der Waals surface area contributed by atoms with Crippen LogP contribution in [0.2, 0.25) is 0 Å². The predicted octanol–water partition coefficient (Wildman–Crippen LogP) is 3.41. The molecular weight excluding hydrogens is 332 g/mol. The Balaban J connectivity index is 2.06. The number of fused-ring (bicyclic) bond motifs is 1. The molecule has 0 saturated heterocycles. The van der Waals surface area contributed by atoms with Crippen LogP contribution >= 0.6 is 0 Å². The summed E-state index contributed by atoms with van der Waals surface area (Å²) < 4.78 is 5.53. The number of benzene rings is 1. The SMILES string of the molecule is CCCCCC1OC(=O)C(C(=O)NOC)=C1c1cc2cc(C)ccc2[nH]1. The molecule has 3 rings (SSSR count). The number of unbranched alkanes of at least 4 members (excludes halogenated alkanes) is 2. The van der Waals surface area contributed by atoms with Gasteiger partial charge in [0.25, 0.3) is 5.91 Å². The number of aromatic nitrogens is 1. The largest absolute Gasteiger partial charge is 0.454 e. The van der Waals surface area contributed by atoms with Crippen LogP contribution in [0, 0.1) is 6.92 Å². The number of aromatic amines is 1. The third kappa shape index (κ3) is 3.51. The number of carbonyl (C=O) groups excluding carboxylic acids is 2. The van der Waals surface area contributed by atoms with Crippen molar-refractivity contribution in [2.24, 2.45) is 0 Å². The number of amides is 1. The first kappa shape index (κ1) is 18.2. The highest BCUT2D eigenvalue weighted by Crippen LogP contribution is 2.35. The summed E-state index contributed by atoms with van der Waals surface area (Å²) in [5.41, 5.74) is 5.69. The van der Waals surface area contributed by atoms with Gasteiger partial charge in [0, 0.05) is 22.2 Å². The summed E-state index contributed by atoms with van der Waals surface area (Å²) in [6, 6.07) is 8.04. The van der Waals surface area contributed by atoms with Crippen LogP contribution in [-0.4, -0.2) is 30.1 Å². The van der Waals surface area contributed by atoms with Crippen molar-refractivity contribution in [1.29, 1.82) is 0 Å². The Bertz CT molecular complexity index is 866. The zero-order valence-electron chi connectivity index (χ0n) is 15.3. The first-order chi connectivity index (χ1) is 12.5. The van der Waals surface area contributed by atoms with Gasteiger partial charge < -0.3 is 9.72 Å². The molecule has 6 heteroatoms. The maximum Gasteiger partial charge on any atom is 0.344 e. The van der Waals surface area contributed by atoms with E-state index in [-0.39, 0.29) is 5.57 Å². The number of H-pyrrole nitrogens is 1. The normalized spacial score (nSPS) is 17.0. The molecule has 1 aliphatic rings. The fourth-order valence-corrected chi connectivity index (χ4v) is 3.37. The summed E-state index contributed by atoms with van der Waals surface area (Å²) in [5.74, 6) is -1.19. The number of aryl methyl sites for hydroxylation is 1. The molecule has 26 heavy (non-hydrogen) atoms. The minimum Gasteiger partial charge on any atom is -0.454 e. The van der Waals surface area contributed by atoms with E-state index in [2.05, 4.69) is 23.5 Å². The number of nitrogens with one attached hydrogen (secondary N) is 2. The van der Waals surface area contributed by atoms with Gasteiger partial charge in [-0.15, -0.1) is 0 Å². The molecule has 1 unspecified atom stereocenters. The van der Waals surface area contributed by atoms with Gasteiger partial charge in [-0.1, -0.05) is 31.4 Å². The smallest absolute Gasteiger partial charge is 0.344 e. The van der Waals surface area contributed by atoms with E-state index in [9.17, 15) is 9.59 Å². The second kappa shape index (κ2) is 7.74. The van der Waals surface area contributed by atoms with E-state index in [1.807, 2.05) is 25.1 Å². The lowest BCUT2D eigenvalue weighted by Crippen LogP contribution is -2.26. The lowest BCUT2D eigenvalue weighted by Gasteiger charge is -2.13. The summed E-state index contributed by atoms with van der Waals surface area (Å²) in [6.45, 7) is 4.15. The quantitative estimate of drug-likeness (QED) is 0.345. The third-order valence-electron chi connectivity index (χ3n) is 4.60. The summed E-state index contributed by atoms with van der Waals surface area (Å²) in [7, 11) is 1.34. The van der Waals surface area contributed by atoms with Crippen LogP contribution < -0.4 is 5.48 Å². The van der Waals surface area contributed by atoms with Crippen LogP contribution in [-0.2, 0) is 19.2 Å². The fourth-order valence-electron chi connectivity index (χ4n) is 3.37. The molecule has 1 aromatic heterocycles. The number of hydrogen-bond donors (Lipinski definition) is 2. The van der Waals surface area contributed by atoms with Gasteiger partial charge in [-0.3, -0.25) is 9.63 Å². The van der Waals surface area contributed by atoms with Crippen LogP contribution in [0.3, 0.4) is 0 Å². The lowest BCUT2D eigenvalue weighted by atomic mass is 9.97. The molecule has 0 aliphatic carbocycles. The zero-order valence-corrected chi connectivity index (χ0v) is 15.3. The van der Waals surface area contributed by atoms with Crippen molar-refractivity contribution in [3.8, 4) is 0 Å². The van der Waals surface area contributed by atoms with Gasteiger partial charge in [0.05, 0.1) is 7.11 Å². The van der Waals surface area contributed by atoms with Crippen LogP contribution in [0.4, 0.5) is 0 Å². The van der Waals surface area contributed by atoms with Crippen molar-refractivity contribution < 1.29 is 19.2 Å². The number of hydroxylamine groups is 1. The molecule has 1 aliphatic heterocycles. The number of cyclic esters (lactones) is 1. The molecule has 0 bridgehead atoms. The molecule has 6 nitrogen and oxygen atoms in total. The van der Waals surface area contributed by atoms with E-state index in [4.69, 9.17) is 9.57 Å². The van der Waals surface area contributed by atoms with E-state index in [0.29, 0.717) is 12.0 Å². The molecule has 1 aromatic carbocycles. The average molecular weight is 356 g/mol. The Hall–Kier alpha value is -2.60. The van der Waals surface area contributed by atoms with E-state index >= 15 is 0 Å². The third-order valence-corrected chi connectivity index (χ3v) is 4.60. The zero-order chi connectivity index (χ0) is 18.7. The molecule has 0 spiro atoms. The maximum atomic E-state index is 12.4. The average Bonchev–Trinajstić information content (AvgIpc) is 3.15. The molecule has 138 valence electrons. The predicted molar refractivity (Wildman–Crippen MR) is 99.1 cm³/mol. The Morgan fingerprint density at radius 1 is 1.31 bits per heavy atom. The van der Waals surface area contributed by atoms with Gasteiger partial charge in [-0.2, -0.15) is 0 Å². The fraction of sp³-hybridized carbons (Fsp3) is 0.400. The standard InChI is InChI=1S/C20H24N2O4/c1-4-5-6-7-16-17(18(20(24)26-16)19(23)22-25-3)15-11-13-10-12(2)8-9-14(13)21-15/h8-11,16,21H,4-7H2,1-3H3,(H,22,23). The van der Waals surface area contributed by atoms with E-state index in [1.165, 1.54) is 7.11 Å². The second-order valence-corrected chi connectivity index (χ2v) is 6.59. The van der Waals surface area contributed by atoms with E-state index < -0.39 is 18.0 Å². The highest BCUT2D eigenvalue weighted by molar-refractivity contribution is 6.24. The first-order valence-electron chi connectivity index (χ1n) is 8.93. The molecule has 0 radical (unpaired) electrons. The van der Waals surface area contributed by atoms with Gasteiger partial charge >= 0.3 is 5.97 Å². The van der Waals surface area contributed by atoms with Crippen molar-refractivity contribution in [3.63, 3.8) is 0 Å². The highest BCUT2D eigenvalue weighted by atomic mass is 16.6. The van der Waals surface area contributed by atoms with Gasteiger partial charge in [0.15, 0.2) is 0 Å². The van der Waals surface area contributed by atoms with Gasteiger partial charge in [0.2, 0.25) is 0 Å². The number of carbonyl (C=O) groups is 2. The second-order valence-electron chi connectivity index (χ2n) is 6.59. The van der Waals surface area contributed by atoms with Crippen LogP contribution in [0.1, 0.15) is 43.9 Å². The van der Waals surface area contributed by atoms with E-state index in [0.717, 1.165) is 41.4 Å². The molecule has 0 saturated carbocycles. The summed E-state index contributed by atoms with van der Waals surface area (Å²) in [4.78, 5) is 32.8. The van der Waals surface area contributed by atoms with Gasteiger partial charge in [-0.05, 0) is 38.0 Å². The number of rotatable bonds is 7. The molecule has 2 aromatic rings. The van der Waals surface area contributed by atoms with Crippen molar-refractivity contribution in [1.82, 2.24) is 10.5 Å². The van der Waals surface area contributed by atoms with Crippen LogP contribution in [0.15, 0.2) is 29.8 Å². The summed E-state index contributed by atoms with van der Waals surface area (Å²) in [6.07, 6.45) is 3.31. The van der Waals surface area contributed by atoms with Gasteiger partial charge in [-0.25, -0.2) is 10.3 Å². The van der Waals surface area contributed by atoms with Crippen molar-refractivity contribution in [3.05, 3.63) is 41.1 Å². The minimum absolute atomic E-state index is 0.0108. The lowest BCUT2D eigenvalue weighted by molar-refractivity contribution is -0.142. The van der Waals surface area contributed by atoms with Crippen molar-refractivity contribution in [2.75, 3.05) is 7.11 Å². The minimum atomic E-state index is -0.606. The summed E-state index contributed by atoms with van der Waals surface area (Å²) in [5, 5.41) is 1.03. The van der Waals surface area contributed by atoms with Crippen LogP contribution in [0.25, 0.3) is 16.5 Å². The molecule has 1 amide bonds. The Labute approximate surface area is 152 Å². The molecule has 2 N–H and O–H groups in total. The topological polar surface area (TPSA) is 80.4 Å². The molecular formula is C20H24N2O4. The van der Waals surface area contributed by atoms with E-state index in [1.54, 1.807) is 0 Å². The van der Waals surface area contributed by atoms with Crippen molar-refractivity contribution in [2.45, 2.75) is 45.6 Å². The molecule has 1 atom stereocenters. The summed E-state index contributed by atoms with van der Waals surface area (Å²) >= 11 is 0. The number of esters is 1. The number of hydrogen-bond acceptors (Lipinski definition) is 4. The van der Waals surface area contributed by atoms with Crippen molar-refractivity contribution >= 4 is 28.4 Å². The first-order valence-corrected chi connectivity index (χ1v) is 8.93. The van der Waals surface area contributed by atoms with Crippen LogP contribution in [0.5, 0.6) is 0 Å².